The van der Waals surface area contributed by atoms with Gasteiger partial charge in [0, 0.05) is 0 Å². The number of aliphatic hydroxyl groups excluding tert-OH is 4. The quantitative estimate of drug-likeness (QED) is 0.607. The van der Waals surface area contributed by atoms with Crippen molar-refractivity contribution in [1.82, 2.24) is 0 Å². The molecule has 5 atom stereocenters. The molecule has 0 spiro atoms. The lowest BCUT2D eigenvalue weighted by Gasteiger charge is -2.40. The first-order valence-electron chi connectivity index (χ1n) is 8.81. The zero-order valence-electron chi connectivity index (χ0n) is 14.9. The van der Waals surface area contributed by atoms with Crippen molar-refractivity contribution in [1.29, 1.82) is 10.5 Å². The maximum Gasteiger partial charge on any atom is 0.113 e. The van der Waals surface area contributed by atoms with E-state index in [2.05, 4.69) is 12.1 Å². The lowest BCUT2D eigenvalue weighted by Crippen LogP contribution is -2.55. The number of rotatable bonds is 4. The fraction of sp³-hybridized carbons (Fsp3) is 0.333. The molecule has 28 heavy (non-hydrogen) atoms. The van der Waals surface area contributed by atoms with Gasteiger partial charge in [-0.3, -0.25) is 0 Å². The van der Waals surface area contributed by atoms with E-state index < -0.39 is 37.1 Å². The molecule has 0 saturated carbocycles. The molecule has 0 aromatic heterocycles. The van der Waals surface area contributed by atoms with Crippen LogP contribution < -0.4 is 0 Å². The van der Waals surface area contributed by atoms with E-state index in [4.69, 9.17) is 10.00 Å². The summed E-state index contributed by atoms with van der Waals surface area (Å²) in [6.07, 6.45) is -5.79. The van der Waals surface area contributed by atoms with Gasteiger partial charge in [0.15, 0.2) is 0 Å². The van der Waals surface area contributed by atoms with Crippen LogP contribution in [-0.2, 0) is 11.2 Å². The van der Waals surface area contributed by atoms with Crippen molar-refractivity contribution in [3.05, 3.63) is 70.3 Å². The number of nitriles is 2. The average molecular weight is 380 g/mol. The van der Waals surface area contributed by atoms with Gasteiger partial charge in [-0.2, -0.15) is 10.5 Å². The fourth-order valence-corrected chi connectivity index (χ4v) is 3.34. The van der Waals surface area contributed by atoms with Crippen LogP contribution in [0.25, 0.3) is 0 Å². The lowest BCUT2D eigenvalue weighted by atomic mass is 9.89. The summed E-state index contributed by atoms with van der Waals surface area (Å²) in [7, 11) is 0. The molecule has 0 bridgehead atoms. The molecule has 7 nitrogen and oxygen atoms in total. The molecule has 2 aromatic rings. The maximum atomic E-state index is 10.3. The SMILES string of the molecule is N#Cc1ccc(Cc2cc([C@@H]3O[C@H](CO)[C@@H](O)[C@H](O)[C@H]3O)ccc2C#N)cc1. The molecule has 0 amide bonds. The highest BCUT2D eigenvalue weighted by Crippen LogP contribution is 2.33. The Morgan fingerprint density at radius 3 is 2.21 bits per heavy atom. The number of nitrogens with zero attached hydrogens (tertiary/aromatic N) is 2. The summed E-state index contributed by atoms with van der Waals surface area (Å²) in [5.74, 6) is 0. The maximum absolute atomic E-state index is 10.3. The van der Waals surface area contributed by atoms with E-state index in [1.54, 1.807) is 42.5 Å². The smallest absolute Gasteiger partial charge is 0.113 e. The molecule has 3 rings (SSSR count). The number of ether oxygens (including phenoxy) is 1. The first-order valence-corrected chi connectivity index (χ1v) is 8.81. The fourth-order valence-electron chi connectivity index (χ4n) is 3.34. The molecule has 0 unspecified atom stereocenters. The zero-order valence-corrected chi connectivity index (χ0v) is 14.9. The van der Waals surface area contributed by atoms with Crippen molar-refractivity contribution in [2.45, 2.75) is 36.9 Å². The second kappa shape index (κ2) is 8.49. The average Bonchev–Trinajstić information content (AvgIpc) is 2.73. The molecule has 7 heteroatoms. The van der Waals surface area contributed by atoms with Gasteiger partial charge in [0.05, 0.1) is 29.9 Å². The van der Waals surface area contributed by atoms with Crippen LogP contribution in [0.5, 0.6) is 0 Å². The molecule has 2 aromatic carbocycles. The number of aliphatic hydroxyl groups is 4. The second-order valence-corrected chi connectivity index (χ2v) is 6.76. The van der Waals surface area contributed by atoms with Gasteiger partial charge in [-0.1, -0.05) is 24.3 Å². The molecule has 1 saturated heterocycles. The third-order valence-electron chi connectivity index (χ3n) is 4.95. The van der Waals surface area contributed by atoms with Crippen molar-refractivity contribution < 1.29 is 25.2 Å². The number of hydrogen-bond donors (Lipinski definition) is 4. The lowest BCUT2D eigenvalue weighted by molar-refractivity contribution is -0.231. The van der Waals surface area contributed by atoms with Gasteiger partial charge in [0.1, 0.15) is 30.5 Å². The Kier molecular flexibility index (Phi) is 6.05. The summed E-state index contributed by atoms with van der Waals surface area (Å²) < 4.78 is 5.60. The summed E-state index contributed by atoms with van der Waals surface area (Å²) in [5, 5.41) is 57.9. The Labute approximate surface area is 162 Å². The largest absolute Gasteiger partial charge is 0.394 e. The van der Waals surface area contributed by atoms with Crippen LogP contribution in [-0.4, -0.2) is 51.4 Å². The molecular weight excluding hydrogens is 360 g/mol. The van der Waals surface area contributed by atoms with Crippen molar-refractivity contribution in [2.24, 2.45) is 0 Å². The van der Waals surface area contributed by atoms with Gasteiger partial charge in [-0.05, 0) is 41.3 Å². The minimum atomic E-state index is -1.46. The van der Waals surface area contributed by atoms with Crippen LogP contribution in [0.4, 0.5) is 0 Å². The first-order chi connectivity index (χ1) is 13.5. The normalized spacial score (nSPS) is 27.0. The van der Waals surface area contributed by atoms with Crippen molar-refractivity contribution in [3.63, 3.8) is 0 Å². The summed E-state index contributed by atoms with van der Waals surface area (Å²) in [5.41, 5.74) is 3.12. The van der Waals surface area contributed by atoms with Crippen molar-refractivity contribution >= 4 is 0 Å². The van der Waals surface area contributed by atoms with E-state index in [0.29, 0.717) is 28.7 Å². The van der Waals surface area contributed by atoms with Gasteiger partial charge < -0.3 is 25.2 Å². The Morgan fingerprint density at radius 2 is 1.61 bits per heavy atom. The van der Waals surface area contributed by atoms with E-state index in [1.165, 1.54) is 0 Å². The van der Waals surface area contributed by atoms with E-state index in [1.807, 2.05) is 0 Å². The summed E-state index contributed by atoms with van der Waals surface area (Å²) >= 11 is 0. The van der Waals surface area contributed by atoms with Crippen LogP contribution in [0.1, 0.15) is 33.9 Å². The Balaban J connectivity index is 1.92. The molecule has 0 radical (unpaired) electrons. The van der Waals surface area contributed by atoms with Gasteiger partial charge >= 0.3 is 0 Å². The van der Waals surface area contributed by atoms with E-state index in [0.717, 1.165) is 5.56 Å². The summed E-state index contributed by atoms with van der Waals surface area (Å²) in [6, 6.07) is 16.1. The highest BCUT2D eigenvalue weighted by molar-refractivity contribution is 5.44. The summed E-state index contributed by atoms with van der Waals surface area (Å²) in [6.45, 7) is -0.504. The van der Waals surface area contributed by atoms with Crippen LogP contribution in [0, 0.1) is 22.7 Å². The Bertz CT molecular complexity index is 914. The van der Waals surface area contributed by atoms with Crippen LogP contribution in [0.2, 0.25) is 0 Å². The van der Waals surface area contributed by atoms with Gasteiger partial charge in [-0.25, -0.2) is 0 Å². The van der Waals surface area contributed by atoms with Crippen LogP contribution >= 0.6 is 0 Å². The highest BCUT2D eigenvalue weighted by Gasteiger charge is 2.44. The molecule has 4 N–H and O–H groups in total. The van der Waals surface area contributed by atoms with E-state index in [-0.39, 0.29) is 0 Å². The molecule has 1 aliphatic rings. The van der Waals surface area contributed by atoms with Crippen molar-refractivity contribution in [3.8, 4) is 12.1 Å². The van der Waals surface area contributed by atoms with E-state index >= 15 is 0 Å². The predicted octanol–water partition coefficient (Wildman–Crippen LogP) is 0.536. The van der Waals surface area contributed by atoms with Crippen LogP contribution in [0.15, 0.2) is 42.5 Å². The minimum absolute atomic E-state index is 0.430. The van der Waals surface area contributed by atoms with Crippen molar-refractivity contribution in [2.75, 3.05) is 6.61 Å². The zero-order chi connectivity index (χ0) is 20.3. The Morgan fingerprint density at radius 1 is 0.893 bits per heavy atom. The topological polar surface area (TPSA) is 138 Å². The molecule has 144 valence electrons. The number of benzene rings is 2. The van der Waals surface area contributed by atoms with E-state index in [9.17, 15) is 25.7 Å². The predicted molar refractivity (Wildman–Crippen MR) is 97.8 cm³/mol. The Hall–Kier alpha value is -2.78. The summed E-state index contributed by atoms with van der Waals surface area (Å²) in [4.78, 5) is 0. The standard InChI is InChI=1S/C21H20N2O5/c22-9-13-3-1-12(2-4-13)7-16-8-14(5-6-15(16)10-23)21-20(27)19(26)18(25)17(11-24)28-21/h1-6,8,17-21,24-27H,7,11H2/t17-,18-,19+,20-,21+/m1/s1. The third-order valence-corrected chi connectivity index (χ3v) is 4.95. The minimum Gasteiger partial charge on any atom is -0.394 e. The monoisotopic (exact) mass is 380 g/mol. The first kappa shape index (κ1) is 20.0. The van der Waals surface area contributed by atoms with Crippen LogP contribution in [0.3, 0.4) is 0 Å². The highest BCUT2D eigenvalue weighted by atomic mass is 16.5. The third kappa shape index (κ3) is 3.90. The molecular formula is C21H20N2O5. The second-order valence-electron chi connectivity index (χ2n) is 6.76. The number of hydrogen-bond acceptors (Lipinski definition) is 7. The van der Waals surface area contributed by atoms with Gasteiger partial charge in [0.25, 0.3) is 0 Å². The van der Waals surface area contributed by atoms with Gasteiger partial charge in [0.2, 0.25) is 0 Å². The van der Waals surface area contributed by atoms with Gasteiger partial charge in [-0.15, -0.1) is 0 Å². The molecule has 0 aliphatic carbocycles. The molecule has 1 aliphatic heterocycles. The molecule has 1 heterocycles. The molecule has 1 fully saturated rings.